The van der Waals surface area contributed by atoms with E-state index in [1.54, 1.807) is 12.1 Å². The van der Waals surface area contributed by atoms with Gasteiger partial charge in [0.2, 0.25) is 5.91 Å². The van der Waals surface area contributed by atoms with Crippen molar-refractivity contribution in [1.29, 1.82) is 0 Å². The van der Waals surface area contributed by atoms with Gasteiger partial charge in [-0.3, -0.25) is 9.69 Å². The van der Waals surface area contributed by atoms with E-state index in [4.69, 9.17) is 11.6 Å². The third-order valence-corrected chi connectivity index (χ3v) is 7.02. The highest BCUT2D eigenvalue weighted by Gasteiger charge is 2.35. The SMILES string of the molecule is O=C(Nc1ccc(C2(O)CCN(Cc3ccccc3)CC2)cc1)C1CN(c2ccc(Cl)nn2)C1. The standard InChI is InChI=1S/C26H28ClN5O2/c27-23-10-11-24(30-29-23)32-17-20(18-32)25(33)28-22-8-6-21(7-9-22)26(34)12-14-31(15-13-26)16-19-4-2-1-3-5-19/h1-11,20,34H,12-18H2,(H,28,33). The number of rotatable bonds is 6. The van der Waals surface area contributed by atoms with E-state index in [2.05, 4.69) is 44.7 Å². The predicted molar refractivity (Wildman–Crippen MR) is 133 cm³/mol. The van der Waals surface area contributed by atoms with Gasteiger partial charge in [0.1, 0.15) is 0 Å². The number of halogens is 1. The van der Waals surface area contributed by atoms with Crippen molar-refractivity contribution in [3.8, 4) is 0 Å². The number of hydrogen-bond donors (Lipinski definition) is 2. The highest BCUT2D eigenvalue weighted by atomic mass is 35.5. The topological polar surface area (TPSA) is 81.6 Å². The van der Waals surface area contributed by atoms with Gasteiger partial charge in [-0.2, -0.15) is 0 Å². The average molecular weight is 478 g/mol. The Labute approximate surface area is 204 Å². The molecule has 176 valence electrons. The summed E-state index contributed by atoms with van der Waals surface area (Å²) in [6, 6.07) is 21.5. The largest absolute Gasteiger partial charge is 0.385 e. The van der Waals surface area contributed by atoms with Crippen LogP contribution >= 0.6 is 11.6 Å². The van der Waals surface area contributed by atoms with Crippen LogP contribution in [0.3, 0.4) is 0 Å². The van der Waals surface area contributed by atoms with Crippen LogP contribution < -0.4 is 10.2 Å². The zero-order valence-corrected chi connectivity index (χ0v) is 19.7. The molecular formula is C26H28ClN5O2. The third kappa shape index (κ3) is 5.06. The van der Waals surface area contributed by atoms with Gasteiger partial charge in [0.25, 0.3) is 0 Å². The molecule has 8 heteroatoms. The Kier molecular flexibility index (Phi) is 6.50. The number of aromatic nitrogens is 2. The lowest BCUT2D eigenvalue weighted by Crippen LogP contribution is -2.52. The number of nitrogens with zero attached hydrogens (tertiary/aromatic N) is 4. The van der Waals surface area contributed by atoms with Crippen LogP contribution in [0.4, 0.5) is 11.5 Å². The molecule has 0 saturated carbocycles. The molecule has 0 bridgehead atoms. The molecule has 34 heavy (non-hydrogen) atoms. The molecule has 2 aliphatic heterocycles. The first-order valence-corrected chi connectivity index (χ1v) is 12.0. The number of aliphatic hydroxyl groups is 1. The molecule has 5 rings (SSSR count). The molecule has 1 amide bonds. The molecule has 0 unspecified atom stereocenters. The van der Waals surface area contributed by atoms with Gasteiger partial charge in [-0.25, -0.2) is 0 Å². The van der Waals surface area contributed by atoms with E-state index in [0.717, 1.165) is 36.7 Å². The van der Waals surface area contributed by atoms with Gasteiger partial charge in [-0.05, 0) is 48.2 Å². The molecular weight excluding hydrogens is 450 g/mol. The van der Waals surface area contributed by atoms with Crippen molar-refractivity contribution in [2.45, 2.75) is 25.0 Å². The minimum atomic E-state index is -0.830. The Morgan fingerprint density at radius 3 is 2.35 bits per heavy atom. The molecule has 2 aromatic carbocycles. The fraction of sp³-hybridized carbons (Fsp3) is 0.346. The molecule has 0 atom stereocenters. The molecule has 1 aromatic heterocycles. The first-order chi connectivity index (χ1) is 16.5. The Balaban J connectivity index is 1.11. The summed E-state index contributed by atoms with van der Waals surface area (Å²) in [5.41, 5.74) is 2.11. The Morgan fingerprint density at radius 2 is 1.71 bits per heavy atom. The smallest absolute Gasteiger partial charge is 0.231 e. The van der Waals surface area contributed by atoms with E-state index in [1.165, 1.54) is 5.56 Å². The lowest BCUT2D eigenvalue weighted by Gasteiger charge is -2.39. The summed E-state index contributed by atoms with van der Waals surface area (Å²) in [4.78, 5) is 17.0. The van der Waals surface area contributed by atoms with Crippen LogP contribution in [-0.4, -0.2) is 52.3 Å². The maximum absolute atomic E-state index is 12.6. The lowest BCUT2D eigenvalue weighted by atomic mass is 9.84. The van der Waals surface area contributed by atoms with Crippen molar-refractivity contribution >= 4 is 29.0 Å². The van der Waals surface area contributed by atoms with Gasteiger partial charge in [0, 0.05) is 38.4 Å². The van der Waals surface area contributed by atoms with E-state index in [-0.39, 0.29) is 11.8 Å². The number of carbonyl (C=O) groups is 1. The van der Waals surface area contributed by atoms with Gasteiger partial charge < -0.3 is 15.3 Å². The summed E-state index contributed by atoms with van der Waals surface area (Å²) in [5.74, 6) is 0.606. The van der Waals surface area contributed by atoms with E-state index in [1.807, 2.05) is 35.2 Å². The zero-order chi connectivity index (χ0) is 23.5. The van der Waals surface area contributed by atoms with Crippen LogP contribution in [0.15, 0.2) is 66.7 Å². The van der Waals surface area contributed by atoms with Gasteiger partial charge in [-0.15, -0.1) is 10.2 Å². The van der Waals surface area contributed by atoms with Gasteiger partial charge >= 0.3 is 0 Å². The Bertz CT molecular complexity index is 1110. The van der Waals surface area contributed by atoms with Crippen molar-refractivity contribution in [1.82, 2.24) is 15.1 Å². The second-order valence-corrected chi connectivity index (χ2v) is 9.56. The lowest BCUT2D eigenvalue weighted by molar-refractivity contribution is -0.120. The monoisotopic (exact) mass is 477 g/mol. The zero-order valence-electron chi connectivity index (χ0n) is 18.9. The molecule has 2 N–H and O–H groups in total. The minimum Gasteiger partial charge on any atom is -0.385 e. The van der Waals surface area contributed by atoms with Crippen LogP contribution in [0, 0.1) is 5.92 Å². The fourth-order valence-electron chi connectivity index (χ4n) is 4.63. The molecule has 3 heterocycles. The van der Waals surface area contributed by atoms with Crippen LogP contribution in [0.1, 0.15) is 24.0 Å². The van der Waals surface area contributed by atoms with E-state index < -0.39 is 5.60 Å². The van der Waals surface area contributed by atoms with Crippen LogP contribution in [0.5, 0.6) is 0 Å². The molecule has 2 saturated heterocycles. The average Bonchev–Trinajstić information content (AvgIpc) is 2.82. The molecule has 0 aliphatic carbocycles. The van der Waals surface area contributed by atoms with Crippen molar-refractivity contribution in [3.05, 3.63) is 83.0 Å². The van der Waals surface area contributed by atoms with Gasteiger partial charge in [0.05, 0.1) is 11.5 Å². The number of piperidine rings is 1. The summed E-state index contributed by atoms with van der Waals surface area (Å²) in [6.07, 6.45) is 1.38. The second kappa shape index (κ2) is 9.70. The number of benzene rings is 2. The summed E-state index contributed by atoms with van der Waals surface area (Å²) < 4.78 is 0. The molecule has 2 fully saturated rings. The minimum absolute atomic E-state index is 0.0149. The summed E-state index contributed by atoms with van der Waals surface area (Å²) in [7, 11) is 0. The maximum Gasteiger partial charge on any atom is 0.231 e. The van der Waals surface area contributed by atoms with Gasteiger partial charge in [0.15, 0.2) is 11.0 Å². The highest BCUT2D eigenvalue weighted by Crippen LogP contribution is 2.34. The fourth-order valence-corrected chi connectivity index (χ4v) is 4.73. The van der Waals surface area contributed by atoms with Crippen molar-refractivity contribution in [2.24, 2.45) is 5.92 Å². The van der Waals surface area contributed by atoms with E-state index in [0.29, 0.717) is 31.1 Å². The number of hydrogen-bond acceptors (Lipinski definition) is 6. The van der Waals surface area contributed by atoms with E-state index >= 15 is 0 Å². The Morgan fingerprint density at radius 1 is 1.00 bits per heavy atom. The number of anilines is 2. The quantitative estimate of drug-likeness (QED) is 0.563. The molecule has 7 nitrogen and oxygen atoms in total. The first kappa shape index (κ1) is 22.8. The molecule has 0 radical (unpaired) electrons. The van der Waals surface area contributed by atoms with Crippen LogP contribution in [0.2, 0.25) is 5.15 Å². The highest BCUT2D eigenvalue weighted by molar-refractivity contribution is 6.29. The molecule has 0 spiro atoms. The second-order valence-electron chi connectivity index (χ2n) is 9.18. The third-order valence-electron chi connectivity index (χ3n) is 6.82. The van der Waals surface area contributed by atoms with Crippen molar-refractivity contribution < 1.29 is 9.90 Å². The number of carbonyl (C=O) groups excluding carboxylic acids is 1. The first-order valence-electron chi connectivity index (χ1n) is 11.6. The predicted octanol–water partition coefficient (Wildman–Crippen LogP) is 3.69. The Hall–Kier alpha value is -3.00. The number of likely N-dealkylation sites (tertiary alicyclic amines) is 1. The number of amides is 1. The van der Waals surface area contributed by atoms with Crippen molar-refractivity contribution in [3.63, 3.8) is 0 Å². The van der Waals surface area contributed by atoms with Crippen LogP contribution in [0.25, 0.3) is 0 Å². The summed E-state index contributed by atoms with van der Waals surface area (Å²) in [6.45, 7) is 3.80. The van der Waals surface area contributed by atoms with Crippen LogP contribution in [-0.2, 0) is 16.9 Å². The van der Waals surface area contributed by atoms with Crippen molar-refractivity contribution in [2.75, 3.05) is 36.4 Å². The maximum atomic E-state index is 12.6. The normalized spacial score (nSPS) is 18.4. The number of nitrogens with one attached hydrogen (secondary N) is 1. The van der Waals surface area contributed by atoms with Gasteiger partial charge in [-0.1, -0.05) is 54.1 Å². The molecule has 2 aliphatic rings. The molecule has 3 aromatic rings. The van der Waals surface area contributed by atoms with E-state index in [9.17, 15) is 9.90 Å². The summed E-state index contributed by atoms with van der Waals surface area (Å²) >= 11 is 5.78. The summed E-state index contributed by atoms with van der Waals surface area (Å²) in [5, 5.41) is 22.5.